The lowest BCUT2D eigenvalue weighted by Crippen LogP contribution is -2.39. The van der Waals surface area contributed by atoms with Crippen LogP contribution < -0.4 is 10.1 Å². The summed E-state index contributed by atoms with van der Waals surface area (Å²) in [5.41, 5.74) is 0.756. The van der Waals surface area contributed by atoms with E-state index in [1.807, 2.05) is 6.08 Å². The van der Waals surface area contributed by atoms with Crippen LogP contribution in [-0.4, -0.2) is 63.4 Å². The summed E-state index contributed by atoms with van der Waals surface area (Å²) in [7, 11) is -2.38. The third kappa shape index (κ3) is 7.57. The highest BCUT2D eigenvalue weighted by molar-refractivity contribution is 7.89. The molecule has 1 amide bonds. The highest BCUT2D eigenvalue weighted by Crippen LogP contribution is 2.40. The molecule has 1 saturated carbocycles. The van der Waals surface area contributed by atoms with Crippen LogP contribution >= 0.6 is 0 Å². The van der Waals surface area contributed by atoms with Crippen LogP contribution in [0.1, 0.15) is 31.2 Å². The average Bonchev–Trinajstić information content (AvgIpc) is 2.91. The van der Waals surface area contributed by atoms with Gasteiger partial charge in [0.2, 0.25) is 16.3 Å². The lowest BCUT2D eigenvalue weighted by Gasteiger charge is -2.37. The van der Waals surface area contributed by atoms with Gasteiger partial charge in [-0.3, -0.25) is 4.79 Å². The molecule has 0 spiro atoms. The van der Waals surface area contributed by atoms with E-state index in [-0.39, 0.29) is 61.1 Å². The Morgan fingerprint density at radius 3 is 2.46 bits per heavy atom. The van der Waals surface area contributed by atoms with Gasteiger partial charge in [0.15, 0.2) is 5.76 Å². The molecule has 11 heteroatoms. The van der Waals surface area contributed by atoms with Crippen molar-refractivity contribution in [2.45, 2.75) is 43.4 Å². The molecule has 2 aromatic rings. The first kappa shape index (κ1) is 29.0. The lowest BCUT2D eigenvalue weighted by atomic mass is 9.73. The molecular weight excluding hydrogens is 527 g/mol. The van der Waals surface area contributed by atoms with Crippen molar-refractivity contribution >= 4 is 15.9 Å². The lowest BCUT2D eigenvalue weighted by molar-refractivity contribution is -0.152. The number of amides is 1. The zero-order chi connectivity index (χ0) is 27.8. The van der Waals surface area contributed by atoms with Crippen LogP contribution in [0.25, 0.3) is 0 Å². The van der Waals surface area contributed by atoms with Gasteiger partial charge in [-0.2, -0.15) is 4.31 Å². The van der Waals surface area contributed by atoms with E-state index in [1.165, 1.54) is 31.4 Å². The molecule has 2 atom stereocenters. The molecule has 39 heavy (non-hydrogen) atoms. The first-order valence-corrected chi connectivity index (χ1v) is 14.5. The number of hydrogen-bond acceptors (Lipinski definition) is 7. The van der Waals surface area contributed by atoms with Crippen molar-refractivity contribution in [3.8, 4) is 5.75 Å². The topological polar surface area (TPSA) is 114 Å². The van der Waals surface area contributed by atoms with Gasteiger partial charge < -0.3 is 24.6 Å². The van der Waals surface area contributed by atoms with Crippen molar-refractivity contribution < 1.29 is 36.9 Å². The normalized spacial score (nSPS) is 19.6. The van der Waals surface area contributed by atoms with E-state index in [4.69, 9.17) is 14.2 Å². The van der Waals surface area contributed by atoms with E-state index in [0.29, 0.717) is 18.1 Å². The second-order valence-electron chi connectivity index (χ2n) is 9.65. The number of rotatable bonds is 13. The van der Waals surface area contributed by atoms with Gasteiger partial charge in [-0.25, -0.2) is 12.8 Å². The molecule has 9 nitrogen and oxygen atoms in total. The number of carbonyl (C=O) groups excluding carboxylic acids is 1. The van der Waals surface area contributed by atoms with Crippen molar-refractivity contribution in [1.82, 2.24) is 9.62 Å². The number of nitrogens with zero attached hydrogens (tertiary/aromatic N) is 1. The minimum Gasteiger partial charge on any atom is -0.497 e. The largest absolute Gasteiger partial charge is 0.497 e. The highest BCUT2D eigenvalue weighted by atomic mass is 32.2. The maximum absolute atomic E-state index is 13.2. The Hall–Kier alpha value is -2.99. The van der Waals surface area contributed by atoms with Crippen LogP contribution in [0.5, 0.6) is 5.75 Å². The molecule has 0 saturated heterocycles. The van der Waals surface area contributed by atoms with Gasteiger partial charge in [-0.15, -0.1) is 0 Å². The summed E-state index contributed by atoms with van der Waals surface area (Å²) in [6, 6.07) is 11.9. The third-order valence-electron chi connectivity index (χ3n) is 7.12. The van der Waals surface area contributed by atoms with Gasteiger partial charge in [0, 0.05) is 26.1 Å². The molecule has 2 N–H and O–H groups in total. The number of nitrogens with one attached hydrogen (secondary N) is 1. The molecular formula is C28H35FN2O7S. The van der Waals surface area contributed by atoms with Gasteiger partial charge in [0.1, 0.15) is 11.6 Å². The van der Waals surface area contributed by atoms with Crippen LogP contribution in [0.3, 0.4) is 0 Å². The molecule has 0 bridgehead atoms. The number of ether oxygens (including phenoxy) is 3. The van der Waals surface area contributed by atoms with E-state index in [1.54, 1.807) is 24.3 Å². The summed E-state index contributed by atoms with van der Waals surface area (Å²) in [5, 5.41) is 12.3. The van der Waals surface area contributed by atoms with Crippen molar-refractivity contribution in [3.63, 3.8) is 0 Å². The fourth-order valence-electron chi connectivity index (χ4n) is 4.66. The Morgan fingerprint density at radius 1 is 1.13 bits per heavy atom. The maximum Gasteiger partial charge on any atom is 0.286 e. The number of sulfonamides is 1. The monoisotopic (exact) mass is 562 g/mol. The van der Waals surface area contributed by atoms with Crippen LogP contribution in [0, 0.1) is 17.7 Å². The van der Waals surface area contributed by atoms with E-state index in [9.17, 15) is 22.7 Å². The number of halogens is 1. The van der Waals surface area contributed by atoms with Crippen LogP contribution in [0.4, 0.5) is 4.39 Å². The smallest absolute Gasteiger partial charge is 0.286 e. The molecule has 1 aliphatic heterocycles. The molecule has 2 aliphatic rings. The first-order chi connectivity index (χ1) is 18.8. The number of aliphatic hydroxyl groups excluding tert-OH is 1. The molecule has 1 aliphatic carbocycles. The summed E-state index contributed by atoms with van der Waals surface area (Å²) in [6.07, 6.45) is 4.99. The van der Waals surface area contributed by atoms with Gasteiger partial charge in [-0.05, 0) is 72.7 Å². The van der Waals surface area contributed by atoms with E-state index in [2.05, 4.69) is 5.32 Å². The standard InChI is InChI=1S/C28H35FN2O7S/c1-36-24-9-11-25(12-10-24)39(34,35)31(13-15-32)14-16-37-27-18-22(21-3-2-4-21)17-26(38-27)28(33)30-19-20-5-7-23(29)8-6-20/h5-12,17,21-22,27,32H,2-4,13-16,18-19H2,1H3,(H,30,33)/t22-,27+/m1/s1. The number of allylic oxidation sites excluding steroid dienone is 1. The Bertz CT molecular complexity index is 1230. The average molecular weight is 563 g/mol. The Balaban J connectivity index is 1.37. The van der Waals surface area contributed by atoms with Crippen LogP contribution in [0.15, 0.2) is 65.3 Å². The summed E-state index contributed by atoms with van der Waals surface area (Å²) in [4.78, 5) is 13.0. The van der Waals surface area contributed by atoms with Crippen molar-refractivity contribution in [2.75, 3.05) is 33.4 Å². The number of aliphatic hydroxyl groups is 1. The summed E-state index contributed by atoms with van der Waals surface area (Å²) in [5.74, 6) is 0.527. The van der Waals surface area contributed by atoms with E-state index >= 15 is 0 Å². The summed E-state index contributed by atoms with van der Waals surface area (Å²) < 4.78 is 57.5. The summed E-state index contributed by atoms with van der Waals surface area (Å²) in [6.45, 7) is -0.204. The van der Waals surface area contributed by atoms with Gasteiger partial charge in [0.05, 0.1) is 25.2 Å². The third-order valence-corrected chi connectivity index (χ3v) is 9.04. The van der Waals surface area contributed by atoms with Crippen molar-refractivity contribution in [1.29, 1.82) is 0 Å². The molecule has 2 aromatic carbocycles. The van der Waals surface area contributed by atoms with Gasteiger partial charge >= 0.3 is 0 Å². The minimum atomic E-state index is -3.87. The predicted molar refractivity (Wildman–Crippen MR) is 141 cm³/mol. The SMILES string of the molecule is COc1ccc(S(=O)(=O)N(CCO)CCO[C@@H]2C[C@H](C3CCC3)C=C(C(=O)NCc3ccc(F)cc3)O2)cc1. The van der Waals surface area contributed by atoms with Crippen molar-refractivity contribution in [2.24, 2.45) is 11.8 Å². The number of methoxy groups -OCH3 is 1. The molecule has 0 aromatic heterocycles. The first-order valence-electron chi connectivity index (χ1n) is 13.1. The number of carbonyl (C=O) groups is 1. The molecule has 4 rings (SSSR count). The zero-order valence-electron chi connectivity index (χ0n) is 21.9. The van der Waals surface area contributed by atoms with Crippen molar-refractivity contribution in [3.05, 3.63) is 71.7 Å². The minimum absolute atomic E-state index is 0.00130. The highest BCUT2D eigenvalue weighted by Gasteiger charge is 2.35. The quantitative estimate of drug-likeness (QED) is 0.385. The molecule has 1 fully saturated rings. The molecule has 0 radical (unpaired) electrons. The van der Waals surface area contributed by atoms with E-state index in [0.717, 1.165) is 29.1 Å². The Labute approximate surface area is 228 Å². The predicted octanol–water partition coefficient (Wildman–Crippen LogP) is 3.20. The molecule has 0 unspecified atom stereocenters. The Kier molecular flexibility index (Phi) is 9.95. The zero-order valence-corrected chi connectivity index (χ0v) is 22.7. The van der Waals surface area contributed by atoms with Gasteiger partial charge in [-0.1, -0.05) is 18.6 Å². The second-order valence-corrected chi connectivity index (χ2v) is 11.6. The fourth-order valence-corrected chi connectivity index (χ4v) is 6.07. The van der Waals surface area contributed by atoms with Gasteiger partial charge in [0.25, 0.3) is 5.91 Å². The van der Waals surface area contributed by atoms with Crippen LogP contribution in [-0.2, 0) is 30.8 Å². The maximum atomic E-state index is 13.2. The second kappa shape index (κ2) is 13.4. The fraction of sp³-hybridized carbons (Fsp3) is 0.464. The van der Waals surface area contributed by atoms with Crippen LogP contribution in [0.2, 0.25) is 0 Å². The van der Waals surface area contributed by atoms with E-state index < -0.39 is 16.3 Å². The molecule has 1 heterocycles. The summed E-state index contributed by atoms with van der Waals surface area (Å²) >= 11 is 0. The number of hydrogen-bond donors (Lipinski definition) is 2. The molecule has 212 valence electrons. The number of benzene rings is 2. The Morgan fingerprint density at radius 2 is 1.85 bits per heavy atom.